The summed E-state index contributed by atoms with van der Waals surface area (Å²) < 4.78 is 0. The Morgan fingerprint density at radius 1 is 0.567 bits per heavy atom. The van der Waals surface area contributed by atoms with Gasteiger partial charge in [0.2, 0.25) is 0 Å². The molecule has 0 aliphatic rings. The Morgan fingerprint density at radius 2 is 0.933 bits per heavy atom. The van der Waals surface area contributed by atoms with E-state index in [0.29, 0.717) is 12.8 Å². The summed E-state index contributed by atoms with van der Waals surface area (Å²) in [6, 6.07) is 0. The largest absolute Gasteiger partial charge is 0.481 e. The minimum Gasteiger partial charge on any atom is -0.481 e. The van der Waals surface area contributed by atoms with Crippen LogP contribution in [0.2, 0.25) is 0 Å². The Hall–Kier alpha value is -1.59. The van der Waals surface area contributed by atoms with Gasteiger partial charge in [-0.2, -0.15) is 0 Å². The number of hydrogen-bond donors (Lipinski definition) is 3. The number of aliphatic carboxylic acids is 3. The van der Waals surface area contributed by atoms with Crippen LogP contribution >= 0.6 is 0 Å². The summed E-state index contributed by atoms with van der Waals surface area (Å²) in [7, 11) is 0. The Labute approximate surface area is 184 Å². The summed E-state index contributed by atoms with van der Waals surface area (Å²) in [5, 5.41) is 25.4. The van der Waals surface area contributed by atoms with Gasteiger partial charge in [0.1, 0.15) is 0 Å². The molecule has 0 aliphatic carbocycles. The average Bonchev–Trinajstić information content (AvgIpc) is 2.67. The Kier molecular flexibility index (Phi) is 26.1. The fraction of sp³-hybridized carbons (Fsp3) is 0.875. The normalized spacial score (nSPS) is 10.3. The summed E-state index contributed by atoms with van der Waals surface area (Å²) in [5.74, 6) is -1.99. The van der Waals surface area contributed by atoms with Gasteiger partial charge in [0.15, 0.2) is 0 Å². The minimum atomic E-state index is -0.711. The fourth-order valence-electron chi connectivity index (χ4n) is 3.05. The Morgan fingerprint density at radius 3 is 1.10 bits per heavy atom. The van der Waals surface area contributed by atoms with Crippen molar-refractivity contribution in [2.24, 2.45) is 5.41 Å². The monoisotopic (exact) mass is 432 g/mol. The van der Waals surface area contributed by atoms with E-state index in [9.17, 15) is 19.5 Å². The number of rotatable bonds is 16. The van der Waals surface area contributed by atoms with Gasteiger partial charge in [-0.1, -0.05) is 86.0 Å². The van der Waals surface area contributed by atoms with E-state index in [4.69, 9.17) is 10.2 Å². The van der Waals surface area contributed by atoms with E-state index in [1.54, 1.807) is 0 Å². The van der Waals surface area contributed by atoms with Crippen molar-refractivity contribution in [3.05, 3.63) is 0 Å². The lowest BCUT2D eigenvalue weighted by molar-refractivity contribution is -0.150. The molecule has 0 fully saturated rings. The highest BCUT2D eigenvalue weighted by Crippen LogP contribution is 2.35. The first-order valence-electron chi connectivity index (χ1n) is 11.8. The molecule has 0 amide bonds. The zero-order chi connectivity index (χ0) is 23.8. The molecule has 0 radical (unpaired) electrons. The molecule has 0 spiro atoms. The molecule has 3 N–H and O–H groups in total. The van der Waals surface area contributed by atoms with Crippen LogP contribution in [0.15, 0.2) is 0 Å². The van der Waals surface area contributed by atoms with Crippen molar-refractivity contribution >= 4 is 17.9 Å². The smallest absolute Gasteiger partial charge is 0.309 e. The first-order valence-corrected chi connectivity index (χ1v) is 11.8. The van der Waals surface area contributed by atoms with Crippen molar-refractivity contribution in [3.63, 3.8) is 0 Å². The molecule has 0 rings (SSSR count). The first-order chi connectivity index (χ1) is 14.2. The molecule has 0 heterocycles. The van der Waals surface area contributed by atoms with Crippen molar-refractivity contribution in [2.45, 2.75) is 131 Å². The maximum absolute atomic E-state index is 11.6. The lowest BCUT2D eigenvalue weighted by atomic mass is 9.76. The standard InChI is InChI=1S/C16H32O2.2C4H8O2/c1-4-7-9-11-13-16(6-3,15(17)18)14-12-10-8-5-2;2*1-2-3-4(5)6/h4-14H2,1-3H3,(H,17,18);2*2-3H2,1H3,(H,5,6). The number of carboxylic acids is 3. The van der Waals surface area contributed by atoms with Crippen molar-refractivity contribution in [1.82, 2.24) is 0 Å². The molecule has 6 heteroatoms. The van der Waals surface area contributed by atoms with Gasteiger partial charge in [-0.15, -0.1) is 0 Å². The Balaban J connectivity index is -0.000000495. The summed E-state index contributed by atoms with van der Waals surface area (Å²) in [5.41, 5.74) is -0.443. The van der Waals surface area contributed by atoms with Gasteiger partial charge in [-0.25, -0.2) is 0 Å². The van der Waals surface area contributed by atoms with E-state index in [1.165, 1.54) is 38.5 Å². The number of unbranched alkanes of at least 4 members (excludes halogenated alkanes) is 6. The first kappa shape index (κ1) is 33.1. The predicted octanol–water partition coefficient (Wildman–Crippen LogP) is 7.15. The molecule has 0 saturated heterocycles. The maximum atomic E-state index is 11.6. The molecule has 0 saturated carbocycles. The molecule has 0 aliphatic heterocycles. The fourth-order valence-corrected chi connectivity index (χ4v) is 3.05. The van der Waals surface area contributed by atoms with E-state index in [1.807, 2.05) is 20.8 Å². The van der Waals surface area contributed by atoms with Gasteiger partial charge in [0.05, 0.1) is 5.41 Å². The van der Waals surface area contributed by atoms with Gasteiger partial charge >= 0.3 is 17.9 Å². The highest BCUT2D eigenvalue weighted by atomic mass is 16.4. The third-order valence-electron chi connectivity index (χ3n) is 5.08. The lowest BCUT2D eigenvalue weighted by Gasteiger charge is -2.28. The van der Waals surface area contributed by atoms with E-state index in [-0.39, 0.29) is 0 Å². The quantitative estimate of drug-likeness (QED) is 0.223. The van der Waals surface area contributed by atoms with Crippen LogP contribution in [0.1, 0.15) is 131 Å². The molecular weight excluding hydrogens is 384 g/mol. The van der Waals surface area contributed by atoms with E-state index < -0.39 is 23.3 Å². The second-order valence-electron chi connectivity index (χ2n) is 7.85. The summed E-state index contributed by atoms with van der Waals surface area (Å²) in [4.78, 5) is 30.8. The van der Waals surface area contributed by atoms with Crippen molar-refractivity contribution < 1.29 is 29.7 Å². The van der Waals surface area contributed by atoms with Crippen LogP contribution in [0.25, 0.3) is 0 Å². The van der Waals surface area contributed by atoms with Crippen LogP contribution < -0.4 is 0 Å². The van der Waals surface area contributed by atoms with Gasteiger partial charge in [0.25, 0.3) is 0 Å². The van der Waals surface area contributed by atoms with Crippen LogP contribution in [0, 0.1) is 5.41 Å². The van der Waals surface area contributed by atoms with Gasteiger partial charge < -0.3 is 15.3 Å². The molecule has 180 valence electrons. The minimum absolute atomic E-state index is 0.292. The molecule has 0 bridgehead atoms. The zero-order valence-corrected chi connectivity index (χ0v) is 20.2. The van der Waals surface area contributed by atoms with Crippen LogP contribution in [0.4, 0.5) is 0 Å². The second-order valence-corrected chi connectivity index (χ2v) is 7.85. The molecule has 0 aromatic carbocycles. The topological polar surface area (TPSA) is 112 Å². The van der Waals surface area contributed by atoms with Crippen LogP contribution in [-0.4, -0.2) is 33.2 Å². The molecule has 0 atom stereocenters. The van der Waals surface area contributed by atoms with E-state index >= 15 is 0 Å². The van der Waals surface area contributed by atoms with Crippen molar-refractivity contribution in [3.8, 4) is 0 Å². The SMILES string of the molecule is CCCC(=O)O.CCCC(=O)O.CCCCCCC(CC)(CCCCCC)C(=O)O. The van der Waals surface area contributed by atoms with Gasteiger partial charge in [-0.3, -0.25) is 14.4 Å². The van der Waals surface area contributed by atoms with Crippen molar-refractivity contribution in [1.29, 1.82) is 0 Å². The van der Waals surface area contributed by atoms with E-state index in [0.717, 1.165) is 44.9 Å². The lowest BCUT2D eigenvalue weighted by Crippen LogP contribution is -2.30. The maximum Gasteiger partial charge on any atom is 0.309 e. The number of carboxylic acid groups (broad SMARTS) is 3. The molecule has 0 aromatic rings. The number of carbonyl (C=O) groups is 3. The van der Waals surface area contributed by atoms with Crippen LogP contribution in [0.5, 0.6) is 0 Å². The van der Waals surface area contributed by atoms with Crippen LogP contribution in [0.3, 0.4) is 0 Å². The highest BCUT2D eigenvalue weighted by molar-refractivity contribution is 5.74. The Bertz CT molecular complexity index is 392. The van der Waals surface area contributed by atoms with Gasteiger partial charge in [-0.05, 0) is 32.1 Å². The summed E-state index contributed by atoms with van der Waals surface area (Å²) in [6.45, 7) is 10.1. The molecule has 6 nitrogen and oxygen atoms in total. The zero-order valence-electron chi connectivity index (χ0n) is 20.2. The van der Waals surface area contributed by atoms with E-state index in [2.05, 4.69) is 13.8 Å². The third kappa shape index (κ3) is 22.7. The molecule has 0 aromatic heterocycles. The van der Waals surface area contributed by atoms with Gasteiger partial charge in [0, 0.05) is 12.8 Å². The van der Waals surface area contributed by atoms with Crippen LogP contribution in [-0.2, 0) is 14.4 Å². The molecule has 0 unspecified atom stereocenters. The second kappa shape index (κ2) is 23.7. The molecular formula is C24H48O6. The molecule has 30 heavy (non-hydrogen) atoms. The highest BCUT2D eigenvalue weighted by Gasteiger charge is 2.35. The number of hydrogen-bond acceptors (Lipinski definition) is 3. The third-order valence-corrected chi connectivity index (χ3v) is 5.08. The summed E-state index contributed by atoms with van der Waals surface area (Å²) in [6.07, 6.45) is 13.9. The van der Waals surface area contributed by atoms with Crippen molar-refractivity contribution in [2.75, 3.05) is 0 Å². The summed E-state index contributed by atoms with van der Waals surface area (Å²) >= 11 is 0. The predicted molar refractivity (Wildman–Crippen MR) is 123 cm³/mol. The average molecular weight is 433 g/mol.